The number of pyridine rings is 2. The molecule has 0 aliphatic carbocycles. The Labute approximate surface area is 207 Å². The zero-order valence-electron chi connectivity index (χ0n) is 20.7. The standard InChI is InChI=1S/C32H29N3/c1-22-19-24(3)32(25(4)20-22)35(31-15-10-14-29(34-31)28-13-8-9-18-33-28)30-21-27(17-16-23(30)2)26-11-6-5-7-12-26/h5-21H,1-4H3. The minimum atomic E-state index is 0.854. The van der Waals surface area contributed by atoms with Crippen molar-refractivity contribution in [2.45, 2.75) is 27.7 Å². The summed E-state index contributed by atoms with van der Waals surface area (Å²) in [5.74, 6) is 0.872. The topological polar surface area (TPSA) is 29.0 Å². The molecule has 0 fully saturated rings. The van der Waals surface area contributed by atoms with Crippen LogP contribution < -0.4 is 4.90 Å². The first-order valence-corrected chi connectivity index (χ1v) is 11.9. The van der Waals surface area contributed by atoms with Crippen LogP contribution >= 0.6 is 0 Å². The SMILES string of the molecule is Cc1cc(C)c(N(c2cccc(-c3ccccn3)n2)c2cc(-c3ccccc3)ccc2C)c(C)c1. The van der Waals surface area contributed by atoms with Gasteiger partial charge >= 0.3 is 0 Å². The van der Waals surface area contributed by atoms with Gasteiger partial charge in [0.25, 0.3) is 0 Å². The van der Waals surface area contributed by atoms with Gasteiger partial charge in [-0.15, -0.1) is 0 Å². The highest BCUT2D eigenvalue weighted by molar-refractivity contribution is 5.83. The summed E-state index contributed by atoms with van der Waals surface area (Å²) in [6.45, 7) is 8.68. The van der Waals surface area contributed by atoms with E-state index in [4.69, 9.17) is 4.98 Å². The molecule has 0 bridgehead atoms. The third-order valence-corrected chi connectivity index (χ3v) is 6.31. The first-order chi connectivity index (χ1) is 17.0. The summed E-state index contributed by atoms with van der Waals surface area (Å²) in [5, 5.41) is 0. The van der Waals surface area contributed by atoms with E-state index in [1.165, 1.54) is 33.4 Å². The molecule has 3 aromatic carbocycles. The second-order valence-electron chi connectivity index (χ2n) is 9.05. The lowest BCUT2D eigenvalue weighted by molar-refractivity contribution is 1.13. The summed E-state index contributed by atoms with van der Waals surface area (Å²) in [5.41, 5.74) is 11.3. The molecule has 5 aromatic rings. The van der Waals surface area contributed by atoms with Gasteiger partial charge in [0.1, 0.15) is 5.82 Å². The minimum Gasteiger partial charge on any atom is -0.294 e. The number of hydrogen-bond donors (Lipinski definition) is 0. The fourth-order valence-corrected chi connectivity index (χ4v) is 4.75. The van der Waals surface area contributed by atoms with E-state index in [-0.39, 0.29) is 0 Å². The molecular formula is C32H29N3. The van der Waals surface area contributed by atoms with E-state index in [0.29, 0.717) is 0 Å². The van der Waals surface area contributed by atoms with Crippen molar-refractivity contribution in [3.05, 3.63) is 126 Å². The number of rotatable bonds is 5. The quantitative estimate of drug-likeness (QED) is 0.266. The molecule has 0 aliphatic rings. The summed E-state index contributed by atoms with van der Waals surface area (Å²) in [7, 11) is 0. The molecule has 172 valence electrons. The summed E-state index contributed by atoms with van der Waals surface area (Å²) >= 11 is 0. The van der Waals surface area contributed by atoms with E-state index < -0.39 is 0 Å². The lowest BCUT2D eigenvalue weighted by atomic mass is 9.99. The minimum absolute atomic E-state index is 0.854. The number of anilines is 3. The van der Waals surface area contributed by atoms with Crippen molar-refractivity contribution < 1.29 is 0 Å². The van der Waals surface area contributed by atoms with Crippen LogP contribution in [0.3, 0.4) is 0 Å². The van der Waals surface area contributed by atoms with Crippen LogP contribution in [0.4, 0.5) is 17.2 Å². The second kappa shape index (κ2) is 9.55. The second-order valence-corrected chi connectivity index (χ2v) is 9.05. The molecule has 0 aliphatic heterocycles. The Bertz CT molecular complexity index is 1450. The Morgan fingerprint density at radius 1 is 0.571 bits per heavy atom. The van der Waals surface area contributed by atoms with Crippen molar-refractivity contribution in [1.82, 2.24) is 9.97 Å². The van der Waals surface area contributed by atoms with Gasteiger partial charge < -0.3 is 0 Å². The van der Waals surface area contributed by atoms with Gasteiger partial charge in [-0.1, -0.05) is 72.3 Å². The van der Waals surface area contributed by atoms with Crippen molar-refractivity contribution in [2.75, 3.05) is 4.90 Å². The highest BCUT2D eigenvalue weighted by atomic mass is 15.2. The van der Waals surface area contributed by atoms with Crippen LogP contribution in [0.1, 0.15) is 22.3 Å². The Morgan fingerprint density at radius 2 is 1.29 bits per heavy atom. The Kier molecular flexibility index (Phi) is 6.15. The van der Waals surface area contributed by atoms with Crippen LogP contribution in [-0.4, -0.2) is 9.97 Å². The maximum absolute atomic E-state index is 5.11. The first kappa shape index (κ1) is 22.5. The van der Waals surface area contributed by atoms with Crippen molar-refractivity contribution in [1.29, 1.82) is 0 Å². The van der Waals surface area contributed by atoms with Gasteiger partial charge in [-0.25, -0.2) is 4.98 Å². The Hall–Kier alpha value is -4.24. The average molecular weight is 456 g/mol. The van der Waals surface area contributed by atoms with Gasteiger partial charge in [-0.3, -0.25) is 9.88 Å². The largest absolute Gasteiger partial charge is 0.294 e. The highest BCUT2D eigenvalue weighted by Crippen LogP contribution is 2.41. The van der Waals surface area contributed by atoms with Gasteiger partial charge in [0, 0.05) is 6.20 Å². The molecule has 0 unspecified atom stereocenters. The molecule has 2 aromatic heterocycles. The summed E-state index contributed by atoms with van der Waals surface area (Å²) < 4.78 is 0. The van der Waals surface area contributed by atoms with Crippen molar-refractivity contribution >= 4 is 17.2 Å². The molecule has 0 saturated carbocycles. The normalized spacial score (nSPS) is 10.9. The summed E-state index contributed by atoms with van der Waals surface area (Å²) in [6.07, 6.45) is 1.81. The fourth-order valence-electron chi connectivity index (χ4n) is 4.75. The van der Waals surface area contributed by atoms with Crippen molar-refractivity contribution in [3.8, 4) is 22.5 Å². The van der Waals surface area contributed by atoms with E-state index in [9.17, 15) is 0 Å². The van der Waals surface area contributed by atoms with E-state index >= 15 is 0 Å². The number of nitrogens with zero attached hydrogens (tertiary/aromatic N) is 3. The number of hydrogen-bond acceptors (Lipinski definition) is 3. The van der Waals surface area contributed by atoms with Crippen LogP contribution in [0.5, 0.6) is 0 Å². The van der Waals surface area contributed by atoms with E-state index in [1.54, 1.807) is 0 Å². The van der Waals surface area contributed by atoms with E-state index in [2.05, 4.69) is 110 Å². The molecular weight excluding hydrogens is 426 g/mol. The van der Waals surface area contributed by atoms with Gasteiger partial charge in [-0.05, 0) is 85.8 Å². The van der Waals surface area contributed by atoms with Crippen LogP contribution in [0.25, 0.3) is 22.5 Å². The fraction of sp³-hybridized carbons (Fsp3) is 0.125. The number of aryl methyl sites for hydroxylation is 4. The third-order valence-electron chi connectivity index (χ3n) is 6.31. The van der Waals surface area contributed by atoms with Crippen LogP contribution in [0.2, 0.25) is 0 Å². The maximum atomic E-state index is 5.11. The molecule has 0 N–H and O–H groups in total. The number of benzene rings is 3. The number of aromatic nitrogens is 2. The zero-order valence-corrected chi connectivity index (χ0v) is 20.7. The molecule has 3 heteroatoms. The monoisotopic (exact) mass is 455 g/mol. The van der Waals surface area contributed by atoms with Crippen molar-refractivity contribution in [2.24, 2.45) is 0 Å². The van der Waals surface area contributed by atoms with Crippen molar-refractivity contribution in [3.63, 3.8) is 0 Å². The van der Waals surface area contributed by atoms with Crippen LogP contribution in [0.15, 0.2) is 103 Å². The predicted octanol–water partition coefficient (Wildman–Crippen LogP) is 8.51. The molecule has 0 spiro atoms. The molecule has 35 heavy (non-hydrogen) atoms. The zero-order chi connectivity index (χ0) is 24.4. The molecule has 0 atom stereocenters. The Balaban J connectivity index is 1.75. The maximum Gasteiger partial charge on any atom is 0.138 e. The van der Waals surface area contributed by atoms with Crippen LogP contribution in [-0.2, 0) is 0 Å². The average Bonchev–Trinajstić information content (AvgIpc) is 2.88. The molecule has 0 saturated heterocycles. The molecule has 0 radical (unpaired) electrons. The lowest BCUT2D eigenvalue weighted by Gasteiger charge is -2.30. The highest BCUT2D eigenvalue weighted by Gasteiger charge is 2.21. The van der Waals surface area contributed by atoms with Gasteiger partial charge in [0.2, 0.25) is 0 Å². The van der Waals surface area contributed by atoms with E-state index in [1.807, 2.05) is 30.5 Å². The summed E-state index contributed by atoms with van der Waals surface area (Å²) in [6, 6.07) is 33.8. The molecule has 0 amide bonds. The smallest absolute Gasteiger partial charge is 0.138 e. The van der Waals surface area contributed by atoms with Gasteiger partial charge in [0.05, 0.1) is 22.8 Å². The summed E-state index contributed by atoms with van der Waals surface area (Å²) in [4.78, 5) is 11.9. The molecule has 5 rings (SSSR count). The van der Waals surface area contributed by atoms with Crippen LogP contribution in [0, 0.1) is 27.7 Å². The molecule has 3 nitrogen and oxygen atoms in total. The predicted molar refractivity (Wildman–Crippen MR) is 147 cm³/mol. The van der Waals surface area contributed by atoms with Gasteiger partial charge in [-0.2, -0.15) is 0 Å². The Morgan fingerprint density at radius 3 is 2.00 bits per heavy atom. The lowest BCUT2D eigenvalue weighted by Crippen LogP contribution is -2.16. The molecule has 2 heterocycles. The van der Waals surface area contributed by atoms with Gasteiger partial charge in [0.15, 0.2) is 0 Å². The first-order valence-electron chi connectivity index (χ1n) is 11.9. The van der Waals surface area contributed by atoms with E-state index in [0.717, 1.165) is 28.6 Å². The third kappa shape index (κ3) is 4.58.